The third-order valence-electron chi connectivity index (χ3n) is 8.48. The van der Waals surface area contributed by atoms with Gasteiger partial charge < -0.3 is 24.5 Å². The normalized spacial score (nSPS) is 30.8. The van der Waals surface area contributed by atoms with Crippen molar-refractivity contribution in [2.24, 2.45) is 17.3 Å². The van der Waals surface area contributed by atoms with Gasteiger partial charge in [-0.1, -0.05) is 63.3 Å². The van der Waals surface area contributed by atoms with Crippen molar-refractivity contribution >= 4 is 23.4 Å². The smallest absolute Gasteiger partial charge is 0.249 e. The predicted molar refractivity (Wildman–Crippen MR) is 149 cm³/mol. The van der Waals surface area contributed by atoms with Crippen molar-refractivity contribution in [1.82, 2.24) is 9.80 Å². The Hall–Kier alpha value is -2.97. The van der Waals surface area contributed by atoms with E-state index in [9.17, 15) is 19.5 Å². The molecule has 0 aliphatic carbocycles. The summed E-state index contributed by atoms with van der Waals surface area (Å²) in [6.45, 7) is 11.5. The number of anilines is 1. The van der Waals surface area contributed by atoms with Crippen LogP contribution in [0.25, 0.3) is 0 Å². The van der Waals surface area contributed by atoms with Gasteiger partial charge in [0.1, 0.15) is 11.6 Å². The number of ether oxygens (including phenoxy) is 1. The van der Waals surface area contributed by atoms with E-state index in [0.29, 0.717) is 19.5 Å². The molecule has 3 amide bonds. The lowest BCUT2D eigenvalue weighted by Crippen LogP contribution is -2.60. The zero-order valence-corrected chi connectivity index (χ0v) is 23.7. The monoisotopic (exact) mass is 535 g/mol. The summed E-state index contributed by atoms with van der Waals surface area (Å²) in [5.41, 5.74) is -0.990. The first-order valence-electron chi connectivity index (χ1n) is 14.0. The zero-order chi connectivity index (χ0) is 28.2. The summed E-state index contributed by atoms with van der Waals surface area (Å²) in [5, 5.41) is 9.62. The van der Waals surface area contributed by atoms with Crippen LogP contribution >= 0.6 is 0 Å². The maximum absolute atomic E-state index is 14.5. The highest BCUT2D eigenvalue weighted by molar-refractivity contribution is 6.03. The van der Waals surface area contributed by atoms with E-state index in [1.807, 2.05) is 59.5 Å². The van der Waals surface area contributed by atoms with Gasteiger partial charge in [-0.3, -0.25) is 14.4 Å². The van der Waals surface area contributed by atoms with Gasteiger partial charge in [0.05, 0.1) is 17.9 Å². The molecular formula is C31H41N3O5. The molecule has 8 nitrogen and oxygen atoms in total. The van der Waals surface area contributed by atoms with E-state index in [1.165, 1.54) is 0 Å². The molecule has 8 heteroatoms. The highest BCUT2D eigenvalue weighted by atomic mass is 16.5. The molecule has 0 bridgehead atoms. The molecule has 2 fully saturated rings. The fourth-order valence-electron chi connectivity index (χ4n) is 7.40. The van der Waals surface area contributed by atoms with Gasteiger partial charge in [-0.2, -0.15) is 0 Å². The molecule has 0 radical (unpaired) electrons. The zero-order valence-electron chi connectivity index (χ0n) is 23.7. The second-order valence-electron chi connectivity index (χ2n) is 13.1. The van der Waals surface area contributed by atoms with Gasteiger partial charge in [0.15, 0.2) is 0 Å². The molecule has 1 aromatic rings. The van der Waals surface area contributed by atoms with Crippen LogP contribution in [0.5, 0.6) is 0 Å². The Morgan fingerprint density at radius 3 is 2.36 bits per heavy atom. The van der Waals surface area contributed by atoms with Crippen LogP contribution in [-0.4, -0.2) is 82.2 Å². The average molecular weight is 536 g/mol. The van der Waals surface area contributed by atoms with Crippen LogP contribution in [0, 0.1) is 17.3 Å². The molecule has 0 aromatic heterocycles. The standard InChI is InChI=1S/C31H41N3O5/c1-29(2,3)20-30(4,5)34-18-10-15-31-24(27(37)33(17-11-19-35)25(31)28(34)38)23-22(39-31)14-9-16-32(26(23)36)21-12-7-6-8-13-21/h6-10,12-15,22-25,35H,11,16-20H2,1-5H3/t22-,23+,24-,25?,31-/m0/s1. The number of rotatable bonds is 6. The number of aliphatic hydroxyl groups is 1. The number of aliphatic hydroxyl groups excluding tert-OH is 1. The van der Waals surface area contributed by atoms with E-state index in [0.717, 1.165) is 12.1 Å². The summed E-state index contributed by atoms with van der Waals surface area (Å²) < 4.78 is 6.71. The van der Waals surface area contributed by atoms with Gasteiger partial charge in [0.2, 0.25) is 17.7 Å². The van der Waals surface area contributed by atoms with Crippen molar-refractivity contribution in [1.29, 1.82) is 0 Å². The number of fused-ring (bicyclic) bond motifs is 2. The van der Waals surface area contributed by atoms with E-state index in [2.05, 4.69) is 34.6 Å². The predicted octanol–water partition coefficient (Wildman–Crippen LogP) is 3.17. The number of para-hydroxylation sites is 1. The molecule has 4 heterocycles. The van der Waals surface area contributed by atoms with Crippen LogP contribution in [0.3, 0.4) is 0 Å². The van der Waals surface area contributed by atoms with Gasteiger partial charge in [-0.25, -0.2) is 0 Å². The van der Waals surface area contributed by atoms with E-state index in [1.54, 1.807) is 9.80 Å². The van der Waals surface area contributed by atoms with Crippen LogP contribution in [0.15, 0.2) is 54.6 Å². The number of likely N-dealkylation sites (tertiary alicyclic amines) is 1. The van der Waals surface area contributed by atoms with Crippen LogP contribution in [0.1, 0.15) is 47.5 Å². The third-order valence-corrected chi connectivity index (χ3v) is 8.48. The Balaban J connectivity index is 1.58. The molecule has 39 heavy (non-hydrogen) atoms. The first kappa shape index (κ1) is 27.6. The summed E-state index contributed by atoms with van der Waals surface area (Å²) in [6.07, 6.45) is 8.11. The molecule has 210 valence electrons. The third kappa shape index (κ3) is 4.61. The lowest BCUT2D eigenvalue weighted by Gasteiger charge is -2.44. The number of hydrogen-bond donors (Lipinski definition) is 1. The largest absolute Gasteiger partial charge is 0.396 e. The van der Waals surface area contributed by atoms with Crippen molar-refractivity contribution < 1.29 is 24.2 Å². The summed E-state index contributed by atoms with van der Waals surface area (Å²) >= 11 is 0. The van der Waals surface area contributed by atoms with Gasteiger partial charge in [-0.15, -0.1) is 0 Å². The van der Waals surface area contributed by atoms with E-state index in [4.69, 9.17) is 4.74 Å². The van der Waals surface area contributed by atoms with Crippen molar-refractivity contribution in [2.75, 3.05) is 31.1 Å². The maximum Gasteiger partial charge on any atom is 0.249 e. The summed E-state index contributed by atoms with van der Waals surface area (Å²) in [6, 6.07) is 8.53. The molecular weight excluding hydrogens is 494 g/mol. The first-order valence-corrected chi connectivity index (χ1v) is 14.0. The SMILES string of the molecule is CC(C)(C)CC(C)(C)N1CC=C[C@]23O[C@H]4C=CCN(c5ccccc5)C(=O)[C@H]4[C@H]2C(=O)N(CCCO)C3C1=O. The Bertz CT molecular complexity index is 1190. The molecule has 4 aliphatic heterocycles. The van der Waals surface area contributed by atoms with Crippen LogP contribution in [-0.2, 0) is 19.1 Å². The van der Waals surface area contributed by atoms with Gasteiger partial charge >= 0.3 is 0 Å². The number of nitrogens with zero attached hydrogens (tertiary/aromatic N) is 3. The molecule has 1 spiro atoms. The number of carbonyl (C=O) groups excluding carboxylic acids is 3. The molecule has 4 aliphatic rings. The lowest BCUT2D eigenvalue weighted by molar-refractivity contribution is -0.151. The molecule has 1 aromatic carbocycles. The molecule has 2 saturated heterocycles. The maximum atomic E-state index is 14.5. The van der Waals surface area contributed by atoms with Crippen molar-refractivity contribution in [2.45, 2.75) is 70.7 Å². The minimum absolute atomic E-state index is 0.0166. The lowest BCUT2D eigenvalue weighted by atomic mass is 9.77. The van der Waals surface area contributed by atoms with Crippen molar-refractivity contribution in [3.8, 4) is 0 Å². The summed E-state index contributed by atoms with van der Waals surface area (Å²) in [7, 11) is 0. The van der Waals surface area contributed by atoms with Crippen LogP contribution in [0.4, 0.5) is 5.69 Å². The average Bonchev–Trinajstić information content (AvgIpc) is 3.16. The second-order valence-corrected chi connectivity index (χ2v) is 13.1. The Labute approximate surface area is 231 Å². The molecule has 5 rings (SSSR count). The summed E-state index contributed by atoms with van der Waals surface area (Å²) in [5.74, 6) is -2.20. The fourth-order valence-corrected chi connectivity index (χ4v) is 7.40. The molecule has 1 N–H and O–H groups in total. The minimum Gasteiger partial charge on any atom is -0.396 e. The molecule has 0 saturated carbocycles. The molecule has 5 atom stereocenters. The number of hydrogen-bond acceptors (Lipinski definition) is 5. The number of amides is 3. The Kier molecular flexibility index (Phi) is 7.00. The van der Waals surface area contributed by atoms with Gasteiger partial charge in [0, 0.05) is 37.5 Å². The van der Waals surface area contributed by atoms with Gasteiger partial charge in [-0.05, 0) is 44.2 Å². The highest BCUT2D eigenvalue weighted by Gasteiger charge is 2.72. The Morgan fingerprint density at radius 2 is 1.69 bits per heavy atom. The first-order chi connectivity index (χ1) is 18.4. The van der Waals surface area contributed by atoms with E-state index in [-0.39, 0.29) is 36.3 Å². The van der Waals surface area contributed by atoms with Gasteiger partial charge in [0.25, 0.3) is 0 Å². The number of benzene rings is 1. The number of carbonyl (C=O) groups is 3. The fraction of sp³-hybridized carbons (Fsp3) is 0.581. The second kappa shape index (κ2) is 9.89. The minimum atomic E-state index is -1.26. The highest BCUT2D eigenvalue weighted by Crippen LogP contribution is 2.54. The van der Waals surface area contributed by atoms with Crippen molar-refractivity contribution in [3.05, 3.63) is 54.6 Å². The topological polar surface area (TPSA) is 90.4 Å². The van der Waals surface area contributed by atoms with Crippen molar-refractivity contribution in [3.63, 3.8) is 0 Å². The van der Waals surface area contributed by atoms with E-state index < -0.39 is 35.1 Å². The summed E-state index contributed by atoms with van der Waals surface area (Å²) in [4.78, 5) is 48.0. The van der Waals surface area contributed by atoms with Crippen LogP contribution in [0.2, 0.25) is 0 Å². The quantitative estimate of drug-likeness (QED) is 0.566. The Morgan fingerprint density at radius 1 is 0.974 bits per heavy atom. The molecule has 1 unspecified atom stereocenters. The van der Waals surface area contributed by atoms with Crippen LogP contribution < -0.4 is 4.90 Å². The van der Waals surface area contributed by atoms with E-state index >= 15 is 0 Å².